The van der Waals surface area contributed by atoms with Crippen molar-refractivity contribution >= 4 is 11.4 Å². The average Bonchev–Trinajstić information content (AvgIpc) is 2.34. The lowest BCUT2D eigenvalue weighted by Gasteiger charge is -2.16. The Balaban J connectivity index is 2.16. The Morgan fingerprint density at radius 2 is 1.94 bits per heavy atom. The standard InChI is InChI=1S/C15H17FN2/c1-10-8-14(6-7-15(10)17)18-11(2)12-4-3-5-13(16)9-12/h3-9,11,18H,17H2,1-2H3. The van der Waals surface area contributed by atoms with Gasteiger partial charge in [0, 0.05) is 17.4 Å². The third kappa shape index (κ3) is 2.80. The molecule has 0 heterocycles. The molecule has 1 unspecified atom stereocenters. The van der Waals surface area contributed by atoms with Crippen LogP contribution in [0.1, 0.15) is 24.1 Å². The molecule has 2 aromatic carbocycles. The third-order valence-corrected chi connectivity index (χ3v) is 3.00. The highest BCUT2D eigenvalue weighted by atomic mass is 19.1. The van der Waals surface area contributed by atoms with Crippen molar-refractivity contribution in [1.29, 1.82) is 0 Å². The number of nitrogens with two attached hydrogens (primary N) is 1. The van der Waals surface area contributed by atoms with Gasteiger partial charge in [-0.1, -0.05) is 12.1 Å². The molecule has 2 nitrogen and oxygen atoms in total. The van der Waals surface area contributed by atoms with E-state index in [1.807, 2.05) is 38.1 Å². The van der Waals surface area contributed by atoms with E-state index in [9.17, 15) is 4.39 Å². The highest BCUT2D eigenvalue weighted by Gasteiger charge is 2.06. The lowest BCUT2D eigenvalue weighted by Crippen LogP contribution is -2.07. The highest BCUT2D eigenvalue weighted by Crippen LogP contribution is 2.22. The Morgan fingerprint density at radius 3 is 2.61 bits per heavy atom. The van der Waals surface area contributed by atoms with Crippen molar-refractivity contribution in [2.24, 2.45) is 0 Å². The summed E-state index contributed by atoms with van der Waals surface area (Å²) in [5.74, 6) is -0.213. The molecule has 3 heteroatoms. The molecule has 94 valence electrons. The van der Waals surface area contributed by atoms with Gasteiger partial charge in [-0.3, -0.25) is 0 Å². The minimum absolute atomic E-state index is 0.0451. The fourth-order valence-corrected chi connectivity index (χ4v) is 1.87. The van der Waals surface area contributed by atoms with Crippen LogP contribution in [0.3, 0.4) is 0 Å². The van der Waals surface area contributed by atoms with E-state index < -0.39 is 0 Å². The zero-order valence-corrected chi connectivity index (χ0v) is 10.6. The van der Waals surface area contributed by atoms with Crippen molar-refractivity contribution < 1.29 is 4.39 Å². The van der Waals surface area contributed by atoms with E-state index >= 15 is 0 Å². The van der Waals surface area contributed by atoms with E-state index in [4.69, 9.17) is 5.73 Å². The first-order valence-corrected chi connectivity index (χ1v) is 5.94. The van der Waals surface area contributed by atoms with Gasteiger partial charge in [0.15, 0.2) is 0 Å². The fourth-order valence-electron chi connectivity index (χ4n) is 1.87. The van der Waals surface area contributed by atoms with Crippen LogP contribution < -0.4 is 11.1 Å². The molecule has 0 radical (unpaired) electrons. The molecular formula is C15H17FN2. The van der Waals surface area contributed by atoms with Crippen LogP contribution in [0.25, 0.3) is 0 Å². The number of nitrogens with one attached hydrogen (secondary N) is 1. The van der Waals surface area contributed by atoms with Crippen molar-refractivity contribution in [2.45, 2.75) is 19.9 Å². The lowest BCUT2D eigenvalue weighted by atomic mass is 10.1. The molecule has 0 aromatic heterocycles. The Bertz CT molecular complexity index is 552. The van der Waals surface area contributed by atoms with Gasteiger partial charge in [-0.25, -0.2) is 4.39 Å². The molecule has 2 rings (SSSR count). The fraction of sp³-hybridized carbons (Fsp3) is 0.200. The number of halogens is 1. The molecule has 0 bridgehead atoms. The first-order valence-electron chi connectivity index (χ1n) is 5.94. The summed E-state index contributed by atoms with van der Waals surface area (Å²) in [6, 6.07) is 12.5. The molecule has 0 fully saturated rings. The van der Waals surface area contributed by atoms with E-state index in [-0.39, 0.29) is 11.9 Å². The van der Waals surface area contributed by atoms with Gasteiger partial charge in [0.05, 0.1) is 0 Å². The van der Waals surface area contributed by atoms with E-state index in [1.54, 1.807) is 12.1 Å². The van der Waals surface area contributed by atoms with Gasteiger partial charge in [-0.15, -0.1) is 0 Å². The maximum absolute atomic E-state index is 13.1. The predicted molar refractivity (Wildman–Crippen MR) is 74.0 cm³/mol. The topological polar surface area (TPSA) is 38.0 Å². The van der Waals surface area contributed by atoms with E-state index in [2.05, 4.69) is 5.32 Å². The molecular weight excluding hydrogens is 227 g/mol. The van der Waals surface area contributed by atoms with Gasteiger partial charge in [0.1, 0.15) is 5.82 Å². The zero-order chi connectivity index (χ0) is 13.1. The number of rotatable bonds is 3. The minimum atomic E-state index is -0.213. The Labute approximate surface area is 107 Å². The van der Waals surface area contributed by atoms with Gasteiger partial charge >= 0.3 is 0 Å². The van der Waals surface area contributed by atoms with Crippen molar-refractivity contribution in [3.8, 4) is 0 Å². The van der Waals surface area contributed by atoms with Crippen LogP contribution in [0.15, 0.2) is 42.5 Å². The van der Waals surface area contributed by atoms with Crippen LogP contribution in [0.2, 0.25) is 0 Å². The van der Waals surface area contributed by atoms with Gasteiger partial charge in [0.25, 0.3) is 0 Å². The molecule has 0 amide bonds. The Morgan fingerprint density at radius 1 is 1.17 bits per heavy atom. The largest absolute Gasteiger partial charge is 0.399 e. The maximum Gasteiger partial charge on any atom is 0.123 e. The number of benzene rings is 2. The van der Waals surface area contributed by atoms with Crippen LogP contribution in [0.5, 0.6) is 0 Å². The SMILES string of the molecule is Cc1cc(NC(C)c2cccc(F)c2)ccc1N. The number of hydrogen-bond donors (Lipinski definition) is 2. The second-order valence-electron chi connectivity index (χ2n) is 4.49. The van der Waals surface area contributed by atoms with Gasteiger partial charge in [0.2, 0.25) is 0 Å². The second-order valence-corrected chi connectivity index (χ2v) is 4.49. The summed E-state index contributed by atoms with van der Waals surface area (Å²) in [5.41, 5.74) is 9.49. The quantitative estimate of drug-likeness (QED) is 0.804. The smallest absolute Gasteiger partial charge is 0.123 e. The highest BCUT2D eigenvalue weighted by molar-refractivity contribution is 5.57. The van der Waals surface area contributed by atoms with Crippen molar-refractivity contribution in [3.05, 3.63) is 59.4 Å². The molecule has 1 atom stereocenters. The monoisotopic (exact) mass is 244 g/mol. The third-order valence-electron chi connectivity index (χ3n) is 3.00. The molecule has 2 aromatic rings. The van der Waals surface area contributed by atoms with E-state index in [0.717, 1.165) is 22.5 Å². The summed E-state index contributed by atoms with van der Waals surface area (Å²) < 4.78 is 13.1. The van der Waals surface area contributed by atoms with Crippen molar-refractivity contribution in [1.82, 2.24) is 0 Å². The second kappa shape index (κ2) is 5.08. The van der Waals surface area contributed by atoms with Crippen LogP contribution in [0, 0.1) is 12.7 Å². The minimum Gasteiger partial charge on any atom is -0.399 e. The average molecular weight is 244 g/mol. The van der Waals surface area contributed by atoms with Crippen molar-refractivity contribution in [3.63, 3.8) is 0 Å². The normalized spacial score (nSPS) is 12.2. The summed E-state index contributed by atoms with van der Waals surface area (Å²) in [5, 5.41) is 3.33. The first kappa shape index (κ1) is 12.4. The maximum atomic E-state index is 13.1. The molecule has 3 N–H and O–H groups in total. The Hall–Kier alpha value is -2.03. The van der Waals surface area contributed by atoms with Crippen LogP contribution in [0.4, 0.5) is 15.8 Å². The zero-order valence-electron chi connectivity index (χ0n) is 10.6. The number of hydrogen-bond acceptors (Lipinski definition) is 2. The summed E-state index contributed by atoms with van der Waals surface area (Å²) >= 11 is 0. The predicted octanol–water partition coefficient (Wildman–Crippen LogP) is 3.89. The molecule has 0 aliphatic rings. The number of aryl methyl sites for hydroxylation is 1. The number of anilines is 2. The molecule has 0 saturated heterocycles. The molecule has 0 spiro atoms. The van der Waals surface area contributed by atoms with Gasteiger partial charge in [-0.05, 0) is 55.3 Å². The Kier molecular flexibility index (Phi) is 3.51. The van der Waals surface area contributed by atoms with Gasteiger partial charge in [-0.2, -0.15) is 0 Å². The van der Waals surface area contributed by atoms with Crippen molar-refractivity contribution in [2.75, 3.05) is 11.1 Å². The summed E-state index contributed by atoms with van der Waals surface area (Å²) in [7, 11) is 0. The van der Waals surface area contributed by atoms with Crippen LogP contribution >= 0.6 is 0 Å². The molecule has 18 heavy (non-hydrogen) atoms. The van der Waals surface area contributed by atoms with Crippen LogP contribution in [-0.2, 0) is 0 Å². The summed E-state index contributed by atoms with van der Waals surface area (Å²) in [6.45, 7) is 3.97. The summed E-state index contributed by atoms with van der Waals surface area (Å²) in [6.07, 6.45) is 0. The molecule has 0 aliphatic carbocycles. The lowest BCUT2D eigenvalue weighted by molar-refractivity contribution is 0.623. The summed E-state index contributed by atoms with van der Waals surface area (Å²) in [4.78, 5) is 0. The molecule has 0 aliphatic heterocycles. The van der Waals surface area contributed by atoms with E-state index in [1.165, 1.54) is 6.07 Å². The van der Waals surface area contributed by atoms with E-state index in [0.29, 0.717) is 0 Å². The first-order chi connectivity index (χ1) is 8.56. The molecule has 0 saturated carbocycles. The van der Waals surface area contributed by atoms with Crippen LogP contribution in [-0.4, -0.2) is 0 Å². The van der Waals surface area contributed by atoms with Gasteiger partial charge < -0.3 is 11.1 Å². The number of nitrogen functional groups attached to an aromatic ring is 1.